The standard InChI is InChI=1S/C29H26N4O5S/c1-19-16-26(33-38-19)32-27(34)18-39-24-14-10-22(11-15-24)30-29(36)25(17-20-8-12-23(37-2)13-9-20)31-28(35)21-6-4-3-5-7-21/h3-17H,18H2,1-2H3,(H,30,36)(H,31,35)(H,32,33,34)/b25-17-. The maximum Gasteiger partial charge on any atom is 0.272 e. The van der Waals surface area contributed by atoms with Crippen LogP contribution in [0.3, 0.4) is 0 Å². The molecule has 10 heteroatoms. The number of ether oxygens (including phenoxy) is 1. The number of benzene rings is 3. The number of nitrogens with zero attached hydrogens (tertiary/aromatic N) is 1. The predicted molar refractivity (Wildman–Crippen MR) is 151 cm³/mol. The van der Waals surface area contributed by atoms with Gasteiger partial charge in [-0.1, -0.05) is 35.5 Å². The summed E-state index contributed by atoms with van der Waals surface area (Å²) in [6.45, 7) is 1.74. The van der Waals surface area contributed by atoms with Crippen molar-refractivity contribution in [3.63, 3.8) is 0 Å². The summed E-state index contributed by atoms with van der Waals surface area (Å²) in [5, 5.41) is 11.9. The highest BCUT2D eigenvalue weighted by molar-refractivity contribution is 8.00. The smallest absolute Gasteiger partial charge is 0.272 e. The molecule has 0 saturated carbocycles. The van der Waals surface area contributed by atoms with Gasteiger partial charge in [-0.15, -0.1) is 11.8 Å². The number of carbonyl (C=O) groups excluding carboxylic acids is 3. The maximum atomic E-state index is 13.2. The van der Waals surface area contributed by atoms with Gasteiger partial charge in [0.1, 0.15) is 17.2 Å². The fourth-order valence-electron chi connectivity index (χ4n) is 3.40. The minimum absolute atomic E-state index is 0.0761. The number of hydrogen-bond acceptors (Lipinski definition) is 7. The molecule has 0 aliphatic rings. The lowest BCUT2D eigenvalue weighted by molar-refractivity contribution is -0.114. The molecule has 0 fully saturated rings. The molecule has 39 heavy (non-hydrogen) atoms. The van der Waals surface area contributed by atoms with Crippen LogP contribution in [0.15, 0.2) is 100 Å². The van der Waals surface area contributed by atoms with Gasteiger partial charge in [0.2, 0.25) is 5.91 Å². The first-order valence-corrected chi connectivity index (χ1v) is 12.9. The molecule has 0 aliphatic carbocycles. The summed E-state index contributed by atoms with van der Waals surface area (Å²) in [6.07, 6.45) is 1.59. The van der Waals surface area contributed by atoms with Gasteiger partial charge in [-0.3, -0.25) is 14.4 Å². The summed E-state index contributed by atoms with van der Waals surface area (Å²) in [4.78, 5) is 39.0. The molecule has 0 unspecified atom stereocenters. The van der Waals surface area contributed by atoms with Crippen LogP contribution >= 0.6 is 11.8 Å². The van der Waals surface area contributed by atoms with Crippen LogP contribution in [0.25, 0.3) is 6.08 Å². The highest BCUT2D eigenvalue weighted by Gasteiger charge is 2.15. The van der Waals surface area contributed by atoms with Gasteiger partial charge in [-0.25, -0.2) is 0 Å². The summed E-state index contributed by atoms with van der Waals surface area (Å²) in [7, 11) is 1.57. The number of methoxy groups -OCH3 is 1. The van der Waals surface area contributed by atoms with Crippen molar-refractivity contribution in [1.29, 1.82) is 0 Å². The molecule has 1 aromatic heterocycles. The van der Waals surface area contributed by atoms with Crippen molar-refractivity contribution in [3.8, 4) is 5.75 Å². The Kier molecular flexibility index (Phi) is 9.15. The Bertz CT molecular complexity index is 1470. The van der Waals surface area contributed by atoms with E-state index in [1.165, 1.54) is 11.8 Å². The van der Waals surface area contributed by atoms with E-state index < -0.39 is 11.8 Å². The van der Waals surface area contributed by atoms with Gasteiger partial charge in [-0.2, -0.15) is 0 Å². The van der Waals surface area contributed by atoms with E-state index in [4.69, 9.17) is 9.26 Å². The highest BCUT2D eigenvalue weighted by Crippen LogP contribution is 2.21. The molecule has 3 aromatic carbocycles. The van der Waals surface area contributed by atoms with Gasteiger partial charge in [0.05, 0.1) is 12.9 Å². The number of nitrogens with one attached hydrogen (secondary N) is 3. The van der Waals surface area contributed by atoms with Crippen LogP contribution in [0.4, 0.5) is 11.5 Å². The fraction of sp³-hybridized carbons (Fsp3) is 0.103. The van der Waals surface area contributed by atoms with Crippen molar-refractivity contribution in [2.75, 3.05) is 23.5 Å². The van der Waals surface area contributed by atoms with Crippen LogP contribution in [-0.2, 0) is 9.59 Å². The van der Waals surface area contributed by atoms with Crippen molar-refractivity contribution in [3.05, 3.63) is 108 Å². The van der Waals surface area contributed by atoms with Crippen molar-refractivity contribution < 1.29 is 23.6 Å². The minimum atomic E-state index is -0.488. The predicted octanol–water partition coefficient (Wildman–Crippen LogP) is 5.13. The van der Waals surface area contributed by atoms with Crippen LogP contribution < -0.4 is 20.7 Å². The van der Waals surface area contributed by atoms with E-state index >= 15 is 0 Å². The maximum absolute atomic E-state index is 13.2. The number of aromatic nitrogens is 1. The van der Waals surface area contributed by atoms with Crippen molar-refractivity contribution in [2.45, 2.75) is 11.8 Å². The molecule has 0 bridgehead atoms. The Morgan fingerprint density at radius 1 is 0.949 bits per heavy atom. The Labute approximate surface area is 229 Å². The summed E-state index contributed by atoms with van der Waals surface area (Å²) in [6, 6.07) is 24.4. The molecular formula is C29H26N4O5S. The van der Waals surface area contributed by atoms with Crippen LogP contribution in [0.5, 0.6) is 5.75 Å². The molecule has 0 saturated heterocycles. The average Bonchev–Trinajstić information content (AvgIpc) is 3.37. The van der Waals surface area contributed by atoms with Gasteiger partial charge in [0.15, 0.2) is 5.82 Å². The molecular weight excluding hydrogens is 516 g/mol. The number of rotatable bonds is 10. The summed E-state index contributed by atoms with van der Waals surface area (Å²) >= 11 is 1.34. The second-order valence-electron chi connectivity index (χ2n) is 8.29. The Morgan fingerprint density at radius 3 is 2.31 bits per heavy atom. The lowest BCUT2D eigenvalue weighted by Crippen LogP contribution is -2.30. The van der Waals surface area contributed by atoms with E-state index in [0.717, 1.165) is 4.90 Å². The normalized spacial score (nSPS) is 11.0. The molecule has 3 amide bonds. The number of amides is 3. The Morgan fingerprint density at radius 2 is 1.67 bits per heavy atom. The van der Waals surface area contributed by atoms with E-state index in [-0.39, 0.29) is 17.4 Å². The van der Waals surface area contributed by atoms with Crippen LogP contribution in [0.1, 0.15) is 21.7 Å². The molecule has 1 heterocycles. The second kappa shape index (κ2) is 13.1. The number of carbonyl (C=O) groups is 3. The fourth-order valence-corrected chi connectivity index (χ4v) is 4.09. The van der Waals surface area contributed by atoms with Gasteiger partial charge < -0.3 is 25.2 Å². The minimum Gasteiger partial charge on any atom is -0.497 e. The van der Waals surface area contributed by atoms with E-state index in [0.29, 0.717) is 34.1 Å². The third-order valence-electron chi connectivity index (χ3n) is 5.33. The first kappa shape index (κ1) is 27.2. The van der Waals surface area contributed by atoms with Crippen molar-refractivity contribution in [2.24, 2.45) is 0 Å². The Hall–Kier alpha value is -4.83. The molecule has 0 spiro atoms. The van der Waals surface area contributed by atoms with Gasteiger partial charge in [0.25, 0.3) is 11.8 Å². The monoisotopic (exact) mass is 542 g/mol. The van der Waals surface area contributed by atoms with Crippen molar-refractivity contribution >= 4 is 47.1 Å². The quantitative estimate of drug-likeness (QED) is 0.188. The molecule has 0 radical (unpaired) electrons. The summed E-state index contributed by atoms with van der Waals surface area (Å²) in [5.74, 6) is 0.723. The van der Waals surface area contributed by atoms with E-state index in [2.05, 4.69) is 21.1 Å². The third kappa shape index (κ3) is 8.08. The molecule has 198 valence electrons. The second-order valence-corrected chi connectivity index (χ2v) is 9.34. The number of aryl methyl sites for hydroxylation is 1. The lowest BCUT2D eigenvalue weighted by atomic mass is 10.1. The average molecular weight is 543 g/mol. The van der Waals surface area contributed by atoms with E-state index in [1.807, 2.05) is 6.07 Å². The topological polar surface area (TPSA) is 123 Å². The summed E-state index contributed by atoms with van der Waals surface area (Å²) < 4.78 is 10.1. The molecule has 0 atom stereocenters. The van der Waals surface area contributed by atoms with E-state index in [1.54, 1.807) is 99.0 Å². The number of hydrogen-bond donors (Lipinski definition) is 3. The van der Waals surface area contributed by atoms with Crippen LogP contribution in [0.2, 0.25) is 0 Å². The third-order valence-corrected chi connectivity index (χ3v) is 6.35. The Balaban J connectivity index is 1.41. The van der Waals surface area contributed by atoms with Gasteiger partial charge >= 0.3 is 0 Å². The zero-order valence-corrected chi connectivity index (χ0v) is 22.1. The highest BCUT2D eigenvalue weighted by atomic mass is 32.2. The molecule has 4 aromatic rings. The lowest BCUT2D eigenvalue weighted by Gasteiger charge is -2.12. The van der Waals surface area contributed by atoms with E-state index in [9.17, 15) is 14.4 Å². The molecule has 4 rings (SSSR count). The van der Waals surface area contributed by atoms with Gasteiger partial charge in [0, 0.05) is 22.2 Å². The zero-order chi connectivity index (χ0) is 27.6. The SMILES string of the molecule is COc1ccc(/C=C(\NC(=O)c2ccccc2)C(=O)Nc2ccc(SCC(=O)Nc3cc(C)on3)cc2)cc1. The molecule has 3 N–H and O–H groups in total. The summed E-state index contributed by atoms with van der Waals surface area (Å²) in [5.41, 5.74) is 1.74. The largest absolute Gasteiger partial charge is 0.497 e. The van der Waals surface area contributed by atoms with Crippen LogP contribution in [0, 0.1) is 6.92 Å². The zero-order valence-electron chi connectivity index (χ0n) is 21.3. The molecule has 9 nitrogen and oxygen atoms in total. The molecule has 0 aliphatic heterocycles. The number of anilines is 2. The number of thioether (sulfide) groups is 1. The van der Waals surface area contributed by atoms with Crippen LogP contribution in [-0.4, -0.2) is 35.7 Å². The van der Waals surface area contributed by atoms with Crippen molar-refractivity contribution in [1.82, 2.24) is 10.5 Å². The van der Waals surface area contributed by atoms with Gasteiger partial charge in [-0.05, 0) is 67.1 Å². The first-order chi connectivity index (χ1) is 18.9. The first-order valence-electron chi connectivity index (χ1n) is 11.9.